The first-order chi connectivity index (χ1) is 25.6. The molecular formula is C38H52N2O14. The lowest BCUT2D eigenvalue weighted by Crippen LogP contribution is -2.72. The summed E-state index contributed by atoms with van der Waals surface area (Å²) >= 11 is 0. The van der Waals surface area contributed by atoms with E-state index in [1.807, 2.05) is 6.92 Å². The second-order valence-corrected chi connectivity index (χ2v) is 17.2. The van der Waals surface area contributed by atoms with Crippen LogP contribution in [-0.2, 0) is 52.4 Å². The van der Waals surface area contributed by atoms with Crippen LogP contribution in [0.25, 0.3) is 0 Å². The van der Waals surface area contributed by atoms with Gasteiger partial charge in [-0.2, -0.15) is 0 Å². The molecule has 54 heavy (non-hydrogen) atoms. The molecule has 5 heterocycles. The molecule has 2 amide bonds. The predicted octanol–water partition coefficient (Wildman–Crippen LogP) is -0.221. The topological polar surface area (TPSA) is 211 Å². The quantitative estimate of drug-likeness (QED) is 0.158. The Morgan fingerprint density at radius 3 is 2.20 bits per heavy atom. The molecule has 0 aromatic carbocycles. The minimum Gasteiger partial charge on any atom is -0.463 e. The molecule has 298 valence electrons. The number of carbonyl (C=O) groups excluding carboxylic acids is 5. The number of piperazine rings is 1. The minimum atomic E-state index is -1.43. The van der Waals surface area contributed by atoms with Crippen molar-refractivity contribution in [1.82, 2.24) is 9.80 Å². The number of aliphatic hydroxyl groups excluding tert-OH is 3. The first-order valence-corrected chi connectivity index (χ1v) is 19.4. The number of esters is 3. The molecule has 0 aromatic rings. The zero-order valence-electron chi connectivity index (χ0n) is 31.3. The van der Waals surface area contributed by atoms with Gasteiger partial charge in [-0.25, -0.2) is 4.79 Å². The monoisotopic (exact) mass is 760 g/mol. The van der Waals surface area contributed by atoms with Crippen LogP contribution in [-0.4, -0.2) is 155 Å². The van der Waals surface area contributed by atoms with E-state index in [2.05, 4.69) is 13.8 Å². The normalized spacial score (nSPS) is 44.5. The van der Waals surface area contributed by atoms with Gasteiger partial charge in [0.05, 0.1) is 31.7 Å². The minimum absolute atomic E-state index is 0.0100. The van der Waals surface area contributed by atoms with Gasteiger partial charge in [0, 0.05) is 61.3 Å². The molecule has 2 unspecified atom stereocenters. The van der Waals surface area contributed by atoms with E-state index in [-0.39, 0.29) is 112 Å². The van der Waals surface area contributed by atoms with Gasteiger partial charge in [0.2, 0.25) is 11.8 Å². The number of amides is 2. The number of rotatable bonds is 9. The van der Waals surface area contributed by atoms with E-state index in [9.17, 15) is 39.3 Å². The summed E-state index contributed by atoms with van der Waals surface area (Å²) < 4.78 is 35.8. The third-order valence-electron chi connectivity index (χ3n) is 14.4. The highest BCUT2D eigenvalue weighted by Crippen LogP contribution is 2.81. The van der Waals surface area contributed by atoms with Gasteiger partial charge >= 0.3 is 17.9 Å². The van der Waals surface area contributed by atoms with Crippen LogP contribution in [0.3, 0.4) is 0 Å². The number of aliphatic hydroxyl groups is 3. The molecule has 3 aliphatic carbocycles. The van der Waals surface area contributed by atoms with E-state index in [0.717, 1.165) is 24.0 Å². The molecule has 6 fully saturated rings. The highest BCUT2D eigenvalue weighted by molar-refractivity contribution is 5.92. The van der Waals surface area contributed by atoms with Crippen LogP contribution in [0.1, 0.15) is 72.6 Å². The number of carbonyl (C=O) groups is 5. The van der Waals surface area contributed by atoms with Gasteiger partial charge in [0.15, 0.2) is 0 Å². The summed E-state index contributed by atoms with van der Waals surface area (Å²) in [5.74, 6) is -1.64. The highest BCUT2D eigenvalue weighted by Gasteiger charge is 2.91. The lowest BCUT2D eigenvalue weighted by atomic mass is 9.49. The average Bonchev–Trinajstić information content (AvgIpc) is 4.04. The number of ether oxygens (including phenoxy) is 6. The van der Waals surface area contributed by atoms with Crippen LogP contribution in [0.5, 0.6) is 0 Å². The second kappa shape index (κ2) is 13.2. The fourth-order valence-electron chi connectivity index (χ4n) is 11.0. The molecular weight excluding hydrogens is 708 g/mol. The average molecular weight is 761 g/mol. The maximum Gasteiger partial charge on any atom is 0.334 e. The van der Waals surface area contributed by atoms with Crippen LogP contribution in [0.4, 0.5) is 0 Å². The van der Waals surface area contributed by atoms with Crippen molar-refractivity contribution >= 4 is 29.7 Å². The Hall–Kier alpha value is -3.15. The molecule has 0 aromatic heterocycles. The number of fused-ring (bicyclic) bond motifs is 4. The van der Waals surface area contributed by atoms with E-state index in [4.69, 9.17) is 28.4 Å². The molecule has 0 bridgehead atoms. The number of epoxide rings is 1. The zero-order chi connectivity index (χ0) is 38.5. The van der Waals surface area contributed by atoms with Crippen LogP contribution < -0.4 is 0 Å². The highest BCUT2D eigenvalue weighted by atomic mass is 16.7. The third kappa shape index (κ3) is 5.64. The molecule has 2 saturated carbocycles. The van der Waals surface area contributed by atoms with E-state index in [0.29, 0.717) is 13.0 Å². The van der Waals surface area contributed by atoms with Gasteiger partial charge in [-0.1, -0.05) is 13.8 Å². The van der Waals surface area contributed by atoms with Crippen molar-refractivity contribution < 1.29 is 67.7 Å². The third-order valence-corrected chi connectivity index (χ3v) is 14.4. The Bertz CT molecular complexity index is 1640. The van der Waals surface area contributed by atoms with E-state index in [1.54, 1.807) is 9.80 Å². The molecule has 0 radical (unpaired) electrons. The fraction of sp³-hybridized carbons (Fsp3) is 0.816. The molecule has 3 N–H and O–H groups in total. The van der Waals surface area contributed by atoms with Gasteiger partial charge in [-0.15, -0.1) is 0 Å². The largest absolute Gasteiger partial charge is 0.463 e. The predicted molar refractivity (Wildman–Crippen MR) is 182 cm³/mol. The van der Waals surface area contributed by atoms with Gasteiger partial charge in [-0.3, -0.25) is 19.2 Å². The van der Waals surface area contributed by atoms with E-state index in [1.165, 1.54) is 6.92 Å². The molecule has 5 aliphatic heterocycles. The zero-order valence-corrected chi connectivity index (χ0v) is 31.3. The Balaban J connectivity index is 0.796. The Morgan fingerprint density at radius 2 is 1.54 bits per heavy atom. The number of hydrogen-bond acceptors (Lipinski definition) is 14. The van der Waals surface area contributed by atoms with Crippen molar-refractivity contribution in [2.75, 3.05) is 46.0 Å². The van der Waals surface area contributed by atoms with Crippen molar-refractivity contribution in [1.29, 1.82) is 0 Å². The first-order valence-electron chi connectivity index (χ1n) is 19.4. The van der Waals surface area contributed by atoms with E-state index >= 15 is 0 Å². The smallest absolute Gasteiger partial charge is 0.334 e. The second-order valence-electron chi connectivity index (χ2n) is 17.2. The number of hydrogen-bond donors (Lipinski definition) is 3. The van der Waals surface area contributed by atoms with Gasteiger partial charge in [-0.05, 0) is 44.6 Å². The summed E-state index contributed by atoms with van der Waals surface area (Å²) in [6.07, 6.45) is -4.65. The standard InChI is InChI=1S/C38H52N2O14/c1-19-29(45)31(47)30(46)24(52-19)18-49-27(43)7-5-25(41)39-11-13-40(14-12-39)26(42)6-8-28(44)53-34-35(2)15-22(35)32-38(54-32)36(3)10-9-20-21(16-50-33(20)48)23(36)17-51-37(34,38)4/h19,22-24,29-32,34,45-47H,5-18H2,1-4H3/t19?,22-,23?,24+,29-,30+,31+,32-,34+,35-,36-,37+,38+/m0/s1. The van der Waals surface area contributed by atoms with Crippen LogP contribution >= 0.6 is 0 Å². The Kier molecular flexibility index (Phi) is 9.25. The summed E-state index contributed by atoms with van der Waals surface area (Å²) in [7, 11) is 0. The Labute approximate surface area is 313 Å². The molecule has 8 rings (SSSR count). The molecule has 13 atom stereocenters. The van der Waals surface area contributed by atoms with Crippen LogP contribution in [0.15, 0.2) is 11.1 Å². The fourth-order valence-corrected chi connectivity index (χ4v) is 11.0. The number of cyclic esters (lactones) is 1. The van der Waals surface area contributed by atoms with Gasteiger partial charge < -0.3 is 53.5 Å². The molecule has 1 spiro atoms. The molecule has 8 aliphatic rings. The molecule has 16 nitrogen and oxygen atoms in total. The maximum atomic E-state index is 13.5. The Morgan fingerprint density at radius 1 is 0.889 bits per heavy atom. The molecule has 4 saturated heterocycles. The van der Waals surface area contributed by atoms with Crippen molar-refractivity contribution in [2.24, 2.45) is 22.7 Å². The summed E-state index contributed by atoms with van der Waals surface area (Å²) in [6.45, 7) is 9.38. The molecule has 16 heteroatoms. The first kappa shape index (κ1) is 37.8. The maximum absolute atomic E-state index is 13.5. The van der Waals surface area contributed by atoms with Crippen LogP contribution in [0.2, 0.25) is 0 Å². The number of nitrogens with zero attached hydrogens (tertiary/aromatic N) is 2. The summed E-state index contributed by atoms with van der Waals surface area (Å²) in [5.41, 5.74) is -0.386. The van der Waals surface area contributed by atoms with Crippen LogP contribution in [0, 0.1) is 22.7 Å². The SMILES string of the molecule is CC1O[C@H](COC(=O)CCC(=O)N2CCN(C(=O)CCC(=O)O[C@@H]3[C@@]4(C)C[C@H]4[C@@H]4O[C@@]45[C@@]4(C)CCC6=C(COC6=O)C4CO[C@]35C)CC2)[C@@H](O)[C@H](O)[C@H]1O. The van der Waals surface area contributed by atoms with Gasteiger partial charge in [0.25, 0.3) is 0 Å². The van der Waals surface area contributed by atoms with Crippen molar-refractivity contribution in [3.8, 4) is 0 Å². The van der Waals surface area contributed by atoms with E-state index < -0.39 is 59.8 Å². The lowest BCUT2D eigenvalue weighted by molar-refractivity contribution is -0.260. The van der Waals surface area contributed by atoms with Crippen molar-refractivity contribution in [3.63, 3.8) is 0 Å². The summed E-state index contributed by atoms with van der Waals surface area (Å²) in [5, 5.41) is 29.9. The summed E-state index contributed by atoms with van der Waals surface area (Å²) in [6, 6.07) is 0. The lowest BCUT2D eigenvalue weighted by Gasteiger charge is -2.60. The van der Waals surface area contributed by atoms with Crippen molar-refractivity contribution in [3.05, 3.63) is 11.1 Å². The van der Waals surface area contributed by atoms with Crippen molar-refractivity contribution in [2.45, 2.75) is 127 Å². The summed E-state index contributed by atoms with van der Waals surface area (Å²) in [4.78, 5) is 67.4. The van der Waals surface area contributed by atoms with Gasteiger partial charge in [0.1, 0.15) is 54.9 Å².